The van der Waals surface area contributed by atoms with Crippen molar-refractivity contribution in [1.29, 1.82) is 0 Å². The normalized spacial score (nSPS) is 16.2. The van der Waals surface area contributed by atoms with Crippen LogP contribution in [0.2, 0.25) is 0 Å². The first kappa shape index (κ1) is 18.5. The Morgan fingerprint density at radius 3 is 2.50 bits per heavy atom. The van der Waals surface area contributed by atoms with Gasteiger partial charge < -0.3 is 14.5 Å². The van der Waals surface area contributed by atoms with Gasteiger partial charge in [-0.1, -0.05) is 35.9 Å². The van der Waals surface area contributed by atoms with Gasteiger partial charge in [0.15, 0.2) is 0 Å². The second-order valence-electron chi connectivity index (χ2n) is 6.84. The Labute approximate surface area is 146 Å². The van der Waals surface area contributed by atoms with Crippen LogP contribution in [0.15, 0.2) is 36.9 Å². The van der Waals surface area contributed by atoms with E-state index in [0.29, 0.717) is 19.2 Å². The standard InChI is InChI=1S/C20H30N2O2/c1-5-12-22(19-10-13-21(14-11-19)16(2)3)20(23)24-15-18-8-6-17(4)7-9-18/h5-9,16,19H,1,10-15H2,2-4H3. The molecule has 132 valence electrons. The van der Waals surface area contributed by atoms with Crippen LogP contribution in [0.5, 0.6) is 0 Å². The molecule has 1 aliphatic heterocycles. The van der Waals surface area contributed by atoms with E-state index in [-0.39, 0.29) is 12.1 Å². The van der Waals surface area contributed by atoms with Gasteiger partial charge in [-0.25, -0.2) is 4.79 Å². The molecule has 0 atom stereocenters. The van der Waals surface area contributed by atoms with Crippen LogP contribution in [0, 0.1) is 6.92 Å². The van der Waals surface area contributed by atoms with E-state index in [1.54, 1.807) is 6.08 Å². The zero-order chi connectivity index (χ0) is 17.5. The number of carbonyl (C=O) groups excluding carboxylic acids is 1. The number of aryl methyl sites for hydroxylation is 1. The Hall–Kier alpha value is -1.81. The Kier molecular flexibility index (Phi) is 6.85. The topological polar surface area (TPSA) is 32.8 Å². The highest BCUT2D eigenvalue weighted by Gasteiger charge is 2.28. The highest BCUT2D eigenvalue weighted by molar-refractivity contribution is 5.68. The van der Waals surface area contributed by atoms with Crippen LogP contribution >= 0.6 is 0 Å². The summed E-state index contributed by atoms with van der Waals surface area (Å²) in [6.45, 7) is 13.2. The maximum absolute atomic E-state index is 12.5. The fourth-order valence-corrected chi connectivity index (χ4v) is 3.14. The van der Waals surface area contributed by atoms with Crippen molar-refractivity contribution in [2.45, 2.75) is 52.3 Å². The van der Waals surface area contributed by atoms with E-state index < -0.39 is 0 Å². The molecule has 1 saturated heterocycles. The third kappa shape index (κ3) is 5.10. The van der Waals surface area contributed by atoms with Crippen molar-refractivity contribution in [3.8, 4) is 0 Å². The molecule has 0 spiro atoms. The van der Waals surface area contributed by atoms with E-state index in [0.717, 1.165) is 31.5 Å². The fraction of sp³-hybridized carbons (Fsp3) is 0.550. The molecule has 1 aliphatic rings. The van der Waals surface area contributed by atoms with Gasteiger partial charge in [0.25, 0.3) is 0 Å². The van der Waals surface area contributed by atoms with Crippen molar-refractivity contribution >= 4 is 6.09 Å². The van der Waals surface area contributed by atoms with Crippen molar-refractivity contribution in [2.24, 2.45) is 0 Å². The van der Waals surface area contributed by atoms with Gasteiger partial charge in [-0.2, -0.15) is 0 Å². The van der Waals surface area contributed by atoms with Crippen molar-refractivity contribution in [2.75, 3.05) is 19.6 Å². The lowest BCUT2D eigenvalue weighted by Crippen LogP contribution is -2.49. The lowest BCUT2D eigenvalue weighted by Gasteiger charge is -2.39. The minimum absolute atomic E-state index is 0.238. The number of rotatable bonds is 6. The number of piperidine rings is 1. The van der Waals surface area contributed by atoms with Gasteiger partial charge in [0.05, 0.1) is 0 Å². The van der Waals surface area contributed by atoms with Crippen molar-refractivity contribution in [3.63, 3.8) is 0 Å². The predicted molar refractivity (Wildman–Crippen MR) is 98.0 cm³/mol. The van der Waals surface area contributed by atoms with Gasteiger partial charge in [-0.3, -0.25) is 0 Å². The molecule has 0 N–H and O–H groups in total. The maximum Gasteiger partial charge on any atom is 0.410 e. The van der Waals surface area contributed by atoms with Gasteiger partial charge in [-0.15, -0.1) is 6.58 Å². The van der Waals surface area contributed by atoms with Crippen LogP contribution in [0.4, 0.5) is 4.79 Å². The van der Waals surface area contributed by atoms with Gasteiger partial charge in [0, 0.05) is 31.7 Å². The number of amides is 1. The van der Waals surface area contributed by atoms with Crippen molar-refractivity contribution in [3.05, 3.63) is 48.0 Å². The van der Waals surface area contributed by atoms with E-state index in [9.17, 15) is 4.79 Å². The minimum Gasteiger partial charge on any atom is -0.445 e. The Morgan fingerprint density at radius 2 is 1.96 bits per heavy atom. The van der Waals surface area contributed by atoms with Crippen molar-refractivity contribution < 1.29 is 9.53 Å². The average Bonchev–Trinajstić information content (AvgIpc) is 2.59. The molecule has 0 bridgehead atoms. The molecule has 0 radical (unpaired) electrons. The maximum atomic E-state index is 12.5. The smallest absolute Gasteiger partial charge is 0.410 e. The lowest BCUT2D eigenvalue weighted by atomic mass is 10.0. The molecule has 1 amide bonds. The summed E-state index contributed by atoms with van der Waals surface area (Å²) in [4.78, 5) is 16.8. The van der Waals surface area contributed by atoms with Crippen LogP contribution in [0.3, 0.4) is 0 Å². The van der Waals surface area contributed by atoms with Crippen molar-refractivity contribution in [1.82, 2.24) is 9.80 Å². The van der Waals surface area contributed by atoms with Gasteiger partial charge in [0.2, 0.25) is 0 Å². The summed E-state index contributed by atoms with van der Waals surface area (Å²) in [6, 6.07) is 8.87. The monoisotopic (exact) mass is 330 g/mol. The Bertz CT molecular complexity index is 531. The summed E-state index contributed by atoms with van der Waals surface area (Å²) in [5.41, 5.74) is 2.22. The van der Waals surface area contributed by atoms with Crippen LogP contribution in [-0.2, 0) is 11.3 Å². The fourth-order valence-electron chi connectivity index (χ4n) is 3.14. The molecule has 0 unspecified atom stereocenters. The summed E-state index contributed by atoms with van der Waals surface area (Å²) >= 11 is 0. The second kappa shape index (κ2) is 8.88. The molecule has 0 saturated carbocycles. The number of hydrogen-bond acceptors (Lipinski definition) is 3. The van der Waals surface area contributed by atoms with E-state index in [4.69, 9.17) is 4.74 Å². The summed E-state index contributed by atoms with van der Waals surface area (Å²) in [5, 5.41) is 0. The molecule has 1 fully saturated rings. The first-order valence-corrected chi connectivity index (χ1v) is 8.85. The molecule has 2 rings (SSSR count). The van der Waals surface area contributed by atoms with Crippen LogP contribution < -0.4 is 0 Å². The third-order valence-corrected chi connectivity index (χ3v) is 4.71. The van der Waals surface area contributed by atoms with Gasteiger partial charge in [-0.05, 0) is 39.2 Å². The molecule has 0 aliphatic carbocycles. The first-order valence-electron chi connectivity index (χ1n) is 8.85. The molecule has 1 aromatic rings. The number of benzene rings is 1. The van der Waals surface area contributed by atoms with Gasteiger partial charge >= 0.3 is 6.09 Å². The van der Waals surface area contributed by atoms with Gasteiger partial charge in [0.1, 0.15) is 6.61 Å². The molecule has 4 heteroatoms. The zero-order valence-corrected chi connectivity index (χ0v) is 15.2. The van der Waals surface area contributed by atoms with E-state index in [2.05, 4.69) is 25.3 Å². The van der Waals surface area contributed by atoms with Crippen LogP contribution in [0.25, 0.3) is 0 Å². The van der Waals surface area contributed by atoms with E-state index in [1.165, 1.54) is 5.56 Å². The summed E-state index contributed by atoms with van der Waals surface area (Å²) in [5.74, 6) is 0. The molecular formula is C20H30N2O2. The summed E-state index contributed by atoms with van der Waals surface area (Å²) in [7, 11) is 0. The first-order chi connectivity index (χ1) is 11.5. The quantitative estimate of drug-likeness (QED) is 0.739. The minimum atomic E-state index is -0.238. The third-order valence-electron chi connectivity index (χ3n) is 4.71. The predicted octanol–water partition coefficient (Wildman–Crippen LogP) is 3.99. The zero-order valence-electron chi connectivity index (χ0n) is 15.2. The number of ether oxygens (including phenoxy) is 1. The largest absolute Gasteiger partial charge is 0.445 e. The number of carbonyl (C=O) groups is 1. The van der Waals surface area contributed by atoms with Crippen LogP contribution in [0.1, 0.15) is 37.8 Å². The number of likely N-dealkylation sites (tertiary alicyclic amines) is 1. The molecular weight excluding hydrogens is 300 g/mol. The van der Waals surface area contributed by atoms with Crippen LogP contribution in [-0.4, -0.2) is 47.6 Å². The lowest BCUT2D eigenvalue weighted by molar-refractivity contribution is 0.0609. The second-order valence-corrected chi connectivity index (χ2v) is 6.84. The highest BCUT2D eigenvalue weighted by Crippen LogP contribution is 2.19. The highest BCUT2D eigenvalue weighted by atomic mass is 16.6. The molecule has 1 aromatic carbocycles. The number of nitrogens with zero attached hydrogens (tertiary/aromatic N) is 2. The Balaban J connectivity index is 1.90. The van der Waals surface area contributed by atoms with E-state index in [1.807, 2.05) is 36.1 Å². The molecule has 4 nitrogen and oxygen atoms in total. The Morgan fingerprint density at radius 1 is 1.33 bits per heavy atom. The molecule has 24 heavy (non-hydrogen) atoms. The molecule has 1 heterocycles. The summed E-state index contributed by atoms with van der Waals surface area (Å²) in [6.07, 6.45) is 3.53. The number of hydrogen-bond donors (Lipinski definition) is 0. The summed E-state index contributed by atoms with van der Waals surface area (Å²) < 4.78 is 5.54. The van der Waals surface area contributed by atoms with E-state index >= 15 is 0 Å². The molecule has 0 aromatic heterocycles. The SMILES string of the molecule is C=CCN(C(=O)OCc1ccc(C)cc1)C1CCN(C(C)C)CC1. The average molecular weight is 330 g/mol.